The number of rotatable bonds is 5. The Kier molecular flexibility index (Phi) is 4.40. The van der Waals surface area contributed by atoms with Crippen molar-refractivity contribution in [2.75, 3.05) is 0 Å². The molecule has 19 heavy (non-hydrogen) atoms. The molecule has 4 heteroatoms. The fourth-order valence-electron chi connectivity index (χ4n) is 2.58. The van der Waals surface area contributed by atoms with E-state index in [9.17, 15) is 4.79 Å². The summed E-state index contributed by atoms with van der Waals surface area (Å²) < 4.78 is 2.04. The van der Waals surface area contributed by atoms with Crippen LogP contribution in [0.15, 0.2) is 12.3 Å². The van der Waals surface area contributed by atoms with Crippen LogP contribution in [-0.2, 0) is 11.2 Å². The zero-order chi connectivity index (χ0) is 13.9. The standard InChI is InChI=1S/C15H25N3O/c1-3-15(2,16)14(19)11-12-9-10-18(17-12)13-7-5-4-6-8-13/h9-10,13H,3-8,11,16H2,1-2H3. The fourth-order valence-corrected chi connectivity index (χ4v) is 2.58. The summed E-state index contributed by atoms with van der Waals surface area (Å²) >= 11 is 0. The van der Waals surface area contributed by atoms with Crippen LogP contribution in [0.4, 0.5) is 0 Å². The van der Waals surface area contributed by atoms with Crippen molar-refractivity contribution in [3.8, 4) is 0 Å². The van der Waals surface area contributed by atoms with Gasteiger partial charge in [-0.05, 0) is 32.3 Å². The molecular weight excluding hydrogens is 238 g/mol. The Morgan fingerprint density at radius 2 is 2.16 bits per heavy atom. The average Bonchev–Trinajstić information content (AvgIpc) is 2.88. The van der Waals surface area contributed by atoms with Crippen LogP contribution in [0.3, 0.4) is 0 Å². The van der Waals surface area contributed by atoms with E-state index in [1.54, 1.807) is 6.92 Å². The molecule has 1 saturated carbocycles. The van der Waals surface area contributed by atoms with Crippen molar-refractivity contribution in [2.45, 2.75) is 70.4 Å². The van der Waals surface area contributed by atoms with Crippen LogP contribution in [0, 0.1) is 0 Å². The van der Waals surface area contributed by atoms with Gasteiger partial charge in [0.15, 0.2) is 5.78 Å². The third-order valence-electron chi connectivity index (χ3n) is 4.33. The number of carbonyl (C=O) groups excluding carboxylic acids is 1. The third-order valence-corrected chi connectivity index (χ3v) is 4.33. The zero-order valence-corrected chi connectivity index (χ0v) is 12.1. The van der Waals surface area contributed by atoms with Crippen LogP contribution in [0.25, 0.3) is 0 Å². The fraction of sp³-hybridized carbons (Fsp3) is 0.733. The van der Waals surface area contributed by atoms with Gasteiger partial charge in [-0.15, -0.1) is 0 Å². The molecule has 0 saturated heterocycles. The van der Waals surface area contributed by atoms with E-state index in [-0.39, 0.29) is 5.78 Å². The number of hydrogen-bond acceptors (Lipinski definition) is 3. The van der Waals surface area contributed by atoms with Crippen molar-refractivity contribution in [3.63, 3.8) is 0 Å². The Morgan fingerprint density at radius 1 is 1.47 bits per heavy atom. The Hall–Kier alpha value is -1.16. The van der Waals surface area contributed by atoms with Gasteiger partial charge < -0.3 is 5.73 Å². The lowest BCUT2D eigenvalue weighted by Crippen LogP contribution is -2.45. The summed E-state index contributed by atoms with van der Waals surface area (Å²) in [6.45, 7) is 3.74. The minimum Gasteiger partial charge on any atom is -0.319 e. The van der Waals surface area contributed by atoms with Crippen molar-refractivity contribution in [3.05, 3.63) is 18.0 Å². The van der Waals surface area contributed by atoms with E-state index < -0.39 is 5.54 Å². The van der Waals surface area contributed by atoms with Crippen LogP contribution >= 0.6 is 0 Å². The molecule has 4 nitrogen and oxygen atoms in total. The Bertz CT molecular complexity index is 430. The van der Waals surface area contributed by atoms with Gasteiger partial charge in [0.1, 0.15) is 0 Å². The quantitative estimate of drug-likeness (QED) is 0.888. The number of hydrogen-bond donors (Lipinski definition) is 1. The zero-order valence-electron chi connectivity index (χ0n) is 12.1. The van der Waals surface area contributed by atoms with Gasteiger partial charge in [0.2, 0.25) is 0 Å². The average molecular weight is 263 g/mol. The van der Waals surface area contributed by atoms with Gasteiger partial charge in [0.05, 0.1) is 23.7 Å². The molecule has 1 aromatic heterocycles. The van der Waals surface area contributed by atoms with E-state index in [1.807, 2.05) is 23.9 Å². The SMILES string of the molecule is CCC(C)(N)C(=O)Cc1ccn(C2CCCCC2)n1. The monoisotopic (exact) mass is 263 g/mol. The predicted molar refractivity (Wildman–Crippen MR) is 75.9 cm³/mol. The molecule has 106 valence electrons. The molecule has 2 N–H and O–H groups in total. The lowest BCUT2D eigenvalue weighted by molar-refractivity contribution is -0.123. The van der Waals surface area contributed by atoms with Crippen molar-refractivity contribution in [1.29, 1.82) is 0 Å². The summed E-state index contributed by atoms with van der Waals surface area (Å²) in [4.78, 5) is 12.1. The number of ketones is 1. The van der Waals surface area contributed by atoms with Gasteiger partial charge in [-0.3, -0.25) is 9.48 Å². The van der Waals surface area contributed by atoms with E-state index in [2.05, 4.69) is 5.10 Å². The van der Waals surface area contributed by atoms with Gasteiger partial charge in [0.25, 0.3) is 0 Å². The largest absolute Gasteiger partial charge is 0.319 e. The second kappa shape index (κ2) is 5.87. The molecule has 0 bridgehead atoms. The van der Waals surface area contributed by atoms with E-state index in [4.69, 9.17) is 5.73 Å². The lowest BCUT2D eigenvalue weighted by Gasteiger charge is -2.22. The highest BCUT2D eigenvalue weighted by Crippen LogP contribution is 2.27. The minimum absolute atomic E-state index is 0.0731. The highest BCUT2D eigenvalue weighted by molar-refractivity contribution is 5.89. The topological polar surface area (TPSA) is 60.9 Å². The van der Waals surface area contributed by atoms with Gasteiger partial charge in [-0.2, -0.15) is 5.10 Å². The van der Waals surface area contributed by atoms with Gasteiger partial charge in [-0.25, -0.2) is 0 Å². The summed E-state index contributed by atoms with van der Waals surface area (Å²) in [6, 6.07) is 2.48. The highest BCUT2D eigenvalue weighted by atomic mass is 16.1. The van der Waals surface area contributed by atoms with E-state index in [0.29, 0.717) is 18.9 Å². The first kappa shape index (κ1) is 14.3. The molecular formula is C15H25N3O. The van der Waals surface area contributed by atoms with Crippen molar-refractivity contribution < 1.29 is 4.79 Å². The summed E-state index contributed by atoms with van der Waals surface area (Å²) in [5.41, 5.74) is 6.09. The molecule has 1 aliphatic rings. The molecule has 1 heterocycles. The van der Waals surface area contributed by atoms with Crippen molar-refractivity contribution in [1.82, 2.24) is 9.78 Å². The maximum atomic E-state index is 12.1. The van der Waals surface area contributed by atoms with Gasteiger partial charge in [0, 0.05) is 6.20 Å². The Labute approximate surface area is 115 Å². The van der Waals surface area contributed by atoms with E-state index in [1.165, 1.54) is 32.1 Å². The molecule has 1 aliphatic carbocycles. The first-order valence-electron chi connectivity index (χ1n) is 7.39. The number of carbonyl (C=O) groups is 1. The third kappa shape index (κ3) is 3.44. The number of Topliss-reactive ketones (excluding diaryl/α,β-unsaturated/α-hetero) is 1. The Morgan fingerprint density at radius 3 is 2.79 bits per heavy atom. The molecule has 1 unspecified atom stereocenters. The molecule has 1 fully saturated rings. The van der Waals surface area contributed by atoms with Crippen LogP contribution < -0.4 is 5.73 Å². The summed E-state index contributed by atoms with van der Waals surface area (Å²) in [6.07, 6.45) is 9.35. The second-order valence-electron chi connectivity index (χ2n) is 5.95. The lowest BCUT2D eigenvalue weighted by atomic mass is 9.92. The second-order valence-corrected chi connectivity index (χ2v) is 5.95. The molecule has 0 radical (unpaired) electrons. The van der Waals surface area contributed by atoms with Crippen molar-refractivity contribution >= 4 is 5.78 Å². The molecule has 0 aliphatic heterocycles. The number of nitrogens with two attached hydrogens (primary N) is 1. The van der Waals surface area contributed by atoms with Crippen LogP contribution in [0.5, 0.6) is 0 Å². The highest BCUT2D eigenvalue weighted by Gasteiger charge is 2.26. The maximum Gasteiger partial charge on any atom is 0.158 e. The molecule has 0 amide bonds. The minimum atomic E-state index is -0.728. The maximum absolute atomic E-state index is 12.1. The molecule has 0 spiro atoms. The Balaban J connectivity index is 1.99. The predicted octanol–water partition coefficient (Wildman–Crippen LogP) is 2.63. The molecule has 1 atom stereocenters. The molecule has 2 rings (SSSR count). The van der Waals surface area contributed by atoms with E-state index in [0.717, 1.165) is 5.69 Å². The first-order chi connectivity index (χ1) is 9.03. The normalized spacial score (nSPS) is 20.2. The van der Waals surface area contributed by atoms with Gasteiger partial charge >= 0.3 is 0 Å². The summed E-state index contributed by atoms with van der Waals surface area (Å²) in [7, 11) is 0. The smallest absolute Gasteiger partial charge is 0.158 e. The number of aromatic nitrogens is 2. The van der Waals surface area contributed by atoms with Crippen LogP contribution in [-0.4, -0.2) is 21.1 Å². The van der Waals surface area contributed by atoms with Crippen molar-refractivity contribution in [2.24, 2.45) is 5.73 Å². The van der Waals surface area contributed by atoms with Gasteiger partial charge in [-0.1, -0.05) is 26.2 Å². The molecule has 0 aromatic carbocycles. The van der Waals surface area contributed by atoms with E-state index >= 15 is 0 Å². The van der Waals surface area contributed by atoms with Crippen LogP contribution in [0.2, 0.25) is 0 Å². The summed E-state index contributed by atoms with van der Waals surface area (Å²) in [5.74, 6) is 0.0731. The summed E-state index contributed by atoms with van der Waals surface area (Å²) in [5, 5.41) is 4.56. The van der Waals surface area contributed by atoms with Crippen LogP contribution in [0.1, 0.15) is 64.1 Å². The molecule has 1 aromatic rings. The number of nitrogens with zero attached hydrogens (tertiary/aromatic N) is 2. The first-order valence-corrected chi connectivity index (χ1v) is 7.39.